The molecule has 0 unspecified atom stereocenters. The molecule has 0 fully saturated rings. The Kier molecular flexibility index (Phi) is 3.55. The Bertz CT molecular complexity index is 577. The summed E-state index contributed by atoms with van der Waals surface area (Å²) in [6.07, 6.45) is -4.44. The first kappa shape index (κ1) is 13.2. The molecule has 0 aromatic heterocycles. The molecule has 0 atom stereocenters. The van der Waals surface area contributed by atoms with Gasteiger partial charge in [-0.1, -0.05) is 41.4 Å². The first-order valence-electron chi connectivity index (χ1n) is 4.92. The molecule has 0 aliphatic heterocycles. The standard InChI is InChI=1S/C13H6Cl2F3/c14-10-6-8(5-9(7-10)13(16,17)18)11-3-1-2-4-12(11)15/h1-3,5-7H. The van der Waals surface area contributed by atoms with E-state index in [1.807, 2.05) is 0 Å². The zero-order valence-corrected chi connectivity index (χ0v) is 10.4. The minimum atomic E-state index is -4.44. The Morgan fingerprint density at radius 2 is 1.78 bits per heavy atom. The normalized spacial score (nSPS) is 11.6. The van der Waals surface area contributed by atoms with Gasteiger partial charge in [-0.3, -0.25) is 0 Å². The molecule has 0 saturated heterocycles. The molecule has 1 radical (unpaired) electrons. The highest BCUT2D eigenvalue weighted by Crippen LogP contribution is 2.36. The molecule has 0 nitrogen and oxygen atoms in total. The Morgan fingerprint density at radius 3 is 2.39 bits per heavy atom. The van der Waals surface area contributed by atoms with Crippen LogP contribution in [0.4, 0.5) is 13.2 Å². The van der Waals surface area contributed by atoms with E-state index in [-0.39, 0.29) is 10.0 Å². The minimum Gasteiger partial charge on any atom is -0.166 e. The van der Waals surface area contributed by atoms with Gasteiger partial charge in [0.1, 0.15) is 0 Å². The molecule has 0 N–H and O–H groups in total. The van der Waals surface area contributed by atoms with Gasteiger partial charge in [-0.05, 0) is 23.8 Å². The molecule has 93 valence electrons. The van der Waals surface area contributed by atoms with Crippen molar-refractivity contribution in [1.82, 2.24) is 0 Å². The maximum Gasteiger partial charge on any atom is 0.416 e. The number of hydrogen-bond acceptors (Lipinski definition) is 0. The van der Waals surface area contributed by atoms with Crippen molar-refractivity contribution in [2.75, 3.05) is 0 Å². The van der Waals surface area contributed by atoms with Crippen molar-refractivity contribution in [3.63, 3.8) is 0 Å². The second kappa shape index (κ2) is 4.82. The molecule has 0 saturated carbocycles. The van der Waals surface area contributed by atoms with E-state index in [0.717, 1.165) is 12.1 Å². The second-order valence-electron chi connectivity index (χ2n) is 3.62. The molecule has 5 heteroatoms. The van der Waals surface area contributed by atoms with E-state index in [1.165, 1.54) is 6.07 Å². The molecule has 2 aromatic carbocycles. The van der Waals surface area contributed by atoms with Crippen molar-refractivity contribution >= 4 is 23.2 Å². The van der Waals surface area contributed by atoms with E-state index in [1.54, 1.807) is 18.2 Å². The number of halogens is 5. The summed E-state index contributed by atoms with van der Waals surface area (Å²) in [6.45, 7) is 0. The molecule has 0 aliphatic carbocycles. The van der Waals surface area contributed by atoms with E-state index in [0.29, 0.717) is 11.1 Å². The number of benzene rings is 2. The number of rotatable bonds is 1. The monoisotopic (exact) mass is 289 g/mol. The molecule has 0 bridgehead atoms. The van der Waals surface area contributed by atoms with E-state index in [9.17, 15) is 13.2 Å². The first-order chi connectivity index (χ1) is 8.38. The molecule has 2 rings (SSSR count). The van der Waals surface area contributed by atoms with Crippen LogP contribution in [-0.2, 0) is 6.18 Å². The highest BCUT2D eigenvalue weighted by atomic mass is 35.5. The second-order valence-corrected chi connectivity index (χ2v) is 4.44. The van der Waals surface area contributed by atoms with Gasteiger partial charge in [-0.25, -0.2) is 0 Å². The number of hydrogen-bond donors (Lipinski definition) is 0. The highest BCUT2D eigenvalue weighted by molar-refractivity contribution is 6.33. The summed E-state index contributed by atoms with van der Waals surface area (Å²) < 4.78 is 38.0. The van der Waals surface area contributed by atoms with Gasteiger partial charge < -0.3 is 0 Å². The zero-order valence-electron chi connectivity index (χ0n) is 8.85. The maximum absolute atomic E-state index is 12.7. The lowest BCUT2D eigenvalue weighted by molar-refractivity contribution is -0.137. The molecular formula is C13H6Cl2F3. The molecule has 0 heterocycles. The summed E-state index contributed by atoms with van der Waals surface area (Å²) >= 11 is 11.6. The average molecular weight is 290 g/mol. The molecule has 18 heavy (non-hydrogen) atoms. The smallest absolute Gasteiger partial charge is 0.166 e. The van der Waals surface area contributed by atoms with Gasteiger partial charge in [-0.15, -0.1) is 0 Å². The molecule has 2 aromatic rings. The lowest BCUT2D eigenvalue weighted by atomic mass is 10.0. The van der Waals surface area contributed by atoms with Crippen LogP contribution >= 0.6 is 23.2 Å². The Labute approximate surface area is 112 Å². The van der Waals surface area contributed by atoms with Crippen molar-refractivity contribution in [2.45, 2.75) is 6.18 Å². The molecule has 0 aliphatic rings. The third kappa shape index (κ3) is 2.79. The van der Waals surface area contributed by atoms with Gasteiger partial charge in [0, 0.05) is 16.7 Å². The van der Waals surface area contributed by atoms with Gasteiger partial charge in [0.15, 0.2) is 0 Å². The quantitative estimate of drug-likeness (QED) is 0.652. The minimum absolute atomic E-state index is 0.0137. The molecule has 0 spiro atoms. The van der Waals surface area contributed by atoms with Crippen LogP contribution in [0.3, 0.4) is 0 Å². The van der Waals surface area contributed by atoms with Crippen molar-refractivity contribution in [1.29, 1.82) is 0 Å². The van der Waals surface area contributed by atoms with E-state index < -0.39 is 11.7 Å². The van der Waals surface area contributed by atoms with Crippen LogP contribution in [0, 0.1) is 6.07 Å². The molecular weight excluding hydrogens is 284 g/mol. The van der Waals surface area contributed by atoms with Crippen LogP contribution < -0.4 is 0 Å². The van der Waals surface area contributed by atoms with Crippen molar-refractivity contribution in [2.24, 2.45) is 0 Å². The highest BCUT2D eigenvalue weighted by Gasteiger charge is 2.31. The topological polar surface area (TPSA) is 0 Å². The van der Waals surface area contributed by atoms with Crippen LogP contribution in [0.15, 0.2) is 36.4 Å². The fourth-order valence-corrected chi connectivity index (χ4v) is 2.02. The Balaban J connectivity index is 2.60. The maximum atomic E-state index is 12.7. The largest absolute Gasteiger partial charge is 0.416 e. The van der Waals surface area contributed by atoms with Gasteiger partial charge in [0.05, 0.1) is 10.6 Å². The summed E-state index contributed by atoms with van der Waals surface area (Å²) in [7, 11) is 0. The van der Waals surface area contributed by atoms with E-state index in [2.05, 4.69) is 6.07 Å². The van der Waals surface area contributed by atoms with Gasteiger partial charge in [-0.2, -0.15) is 13.2 Å². The summed E-state index contributed by atoms with van der Waals surface area (Å²) in [6, 6.07) is 10.9. The number of alkyl halides is 3. The average Bonchev–Trinajstić information content (AvgIpc) is 2.27. The summed E-state index contributed by atoms with van der Waals surface area (Å²) in [4.78, 5) is 0. The van der Waals surface area contributed by atoms with Gasteiger partial charge in [0.25, 0.3) is 0 Å². The van der Waals surface area contributed by atoms with Crippen LogP contribution in [-0.4, -0.2) is 0 Å². The predicted octanol–water partition coefficient (Wildman–Crippen LogP) is 5.48. The summed E-state index contributed by atoms with van der Waals surface area (Å²) in [5.74, 6) is 0. The summed E-state index contributed by atoms with van der Waals surface area (Å²) in [5, 5.41) is 0.271. The van der Waals surface area contributed by atoms with Gasteiger partial charge >= 0.3 is 6.18 Å². The third-order valence-corrected chi connectivity index (χ3v) is 2.87. The molecule has 0 amide bonds. The Hall–Kier alpha value is -1.19. The van der Waals surface area contributed by atoms with Crippen LogP contribution in [0.1, 0.15) is 5.56 Å². The summed E-state index contributed by atoms with van der Waals surface area (Å²) in [5.41, 5.74) is -0.0197. The lowest BCUT2D eigenvalue weighted by Gasteiger charge is -2.10. The van der Waals surface area contributed by atoms with Crippen molar-refractivity contribution in [3.05, 3.63) is 58.1 Å². The van der Waals surface area contributed by atoms with E-state index >= 15 is 0 Å². The SMILES string of the molecule is FC(F)(F)c1cc(Cl)cc(-c2ccc[c]c2Cl)c1. The lowest BCUT2D eigenvalue weighted by Crippen LogP contribution is -2.04. The van der Waals surface area contributed by atoms with Crippen LogP contribution in [0.2, 0.25) is 10.0 Å². The first-order valence-corrected chi connectivity index (χ1v) is 5.68. The van der Waals surface area contributed by atoms with E-state index in [4.69, 9.17) is 23.2 Å². The third-order valence-electron chi connectivity index (χ3n) is 2.34. The fourth-order valence-electron chi connectivity index (χ4n) is 1.55. The van der Waals surface area contributed by atoms with Crippen molar-refractivity contribution < 1.29 is 13.2 Å². The van der Waals surface area contributed by atoms with Crippen LogP contribution in [0.5, 0.6) is 0 Å². The Morgan fingerprint density at radius 1 is 1.06 bits per heavy atom. The van der Waals surface area contributed by atoms with Crippen LogP contribution in [0.25, 0.3) is 11.1 Å². The zero-order chi connectivity index (χ0) is 13.3. The predicted molar refractivity (Wildman–Crippen MR) is 65.7 cm³/mol. The van der Waals surface area contributed by atoms with Crippen molar-refractivity contribution in [3.8, 4) is 11.1 Å². The fraction of sp³-hybridized carbons (Fsp3) is 0.0769. The van der Waals surface area contributed by atoms with Gasteiger partial charge in [0.2, 0.25) is 0 Å².